The van der Waals surface area contributed by atoms with Gasteiger partial charge in [-0.2, -0.15) is 8.42 Å². The SMILES string of the molecule is CC(CCC(=O)N(CCS(=O)(=O)O)C(C)C)C1CCC2C3CCC4CC(O)CCC4(C)C3CC(O)C12C. The van der Waals surface area contributed by atoms with Crippen LogP contribution >= 0.6 is 0 Å². The minimum Gasteiger partial charge on any atom is -0.393 e. The number of nitrogens with zero attached hydrogens (tertiary/aromatic N) is 1. The zero-order valence-corrected chi connectivity index (χ0v) is 24.4. The third kappa shape index (κ3) is 5.51. The number of aliphatic hydroxyl groups excluding tert-OH is 2. The number of carbonyl (C=O) groups excluding carboxylic acids is 1. The molecule has 214 valence electrons. The van der Waals surface area contributed by atoms with Gasteiger partial charge in [0.2, 0.25) is 5.91 Å². The lowest BCUT2D eigenvalue weighted by atomic mass is 9.43. The highest BCUT2D eigenvalue weighted by molar-refractivity contribution is 7.85. The van der Waals surface area contributed by atoms with Crippen LogP contribution < -0.4 is 0 Å². The van der Waals surface area contributed by atoms with Gasteiger partial charge in [-0.3, -0.25) is 9.35 Å². The summed E-state index contributed by atoms with van der Waals surface area (Å²) >= 11 is 0. The summed E-state index contributed by atoms with van der Waals surface area (Å²) in [5.74, 6) is 2.40. The zero-order valence-electron chi connectivity index (χ0n) is 23.6. The van der Waals surface area contributed by atoms with Crippen LogP contribution in [0.15, 0.2) is 0 Å². The van der Waals surface area contributed by atoms with Gasteiger partial charge in [0.15, 0.2) is 0 Å². The van der Waals surface area contributed by atoms with Crippen molar-refractivity contribution in [2.24, 2.45) is 46.3 Å². The van der Waals surface area contributed by atoms with Crippen molar-refractivity contribution in [2.45, 2.75) is 117 Å². The van der Waals surface area contributed by atoms with Crippen LogP contribution in [0, 0.1) is 46.3 Å². The Labute approximate surface area is 224 Å². The van der Waals surface area contributed by atoms with E-state index in [0.29, 0.717) is 36.0 Å². The predicted molar refractivity (Wildman–Crippen MR) is 144 cm³/mol. The average Bonchev–Trinajstić information content (AvgIpc) is 3.16. The third-order valence-electron chi connectivity index (χ3n) is 11.9. The number of hydrogen-bond acceptors (Lipinski definition) is 5. The van der Waals surface area contributed by atoms with E-state index in [1.54, 1.807) is 4.90 Å². The molecule has 0 aromatic heterocycles. The Hall–Kier alpha value is -0.700. The fraction of sp³-hybridized carbons (Fsp3) is 0.966. The smallest absolute Gasteiger partial charge is 0.266 e. The monoisotopic (exact) mass is 541 g/mol. The highest BCUT2D eigenvalue weighted by Crippen LogP contribution is 2.68. The maximum atomic E-state index is 13.0. The highest BCUT2D eigenvalue weighted by Gasteiger charge is 2.63. The van der Waals surface area contributed by atoms with Crippen molar-refractivity contribution in [1.82, 2.24) is 4.90 Å². The number of carbonyl (C=O) groups is 1. The molecule has 4 aliphatic rings. The lowest BCUT2D eigenvalue weighted by Crippen LogP contribution is -2.58. The summed E-state index contributed by atoms with van der Waals surface area (Å²) in [6.45, 7) is 10.7. The number of rotatable bonds is 8. The van der Waals surface area contributed by atoms with E-state index in [-0.39, 0.29) is 47.4 Å². The number of fused-ring (bicyclic) bond motifs is 5. The Bertz CT molecular complexity index is 939. The molecule has 1 amide bonds. The lowest BCUT2D eigenvalue weighted by Gasteiger charge is -2.62. The van der Waals surface area contributed by atoms with Crippen LogP contribution in [0.4, 0.5) is 0 Å². The average molecular weight is 542 g/mol. The molecule has 4 aliphatic carbocycles. The second-order valence-electron chi connectivity index (χ2n) is 13.9. The molecule has 8 heteroatoms. The minimum atomic E-state index is -4.12. The van der Waals surface area contributed by atoms with Crippen LogP contribution in [-0.2, 0) is 14.9 Å². The van der Waals surface area contributed by atoms with Crippen LogP contribution in [0.1, 0.15) is 98.8 Å². The molecule has 10 atom stereocenters. The van der Waals surface area contributed by atoms with Crippen LogP contribution in [0.3, 0.4) is 0 Å². The van der Waals surface area contributed by atoms with Gasteiger partial charge in [-0.15, -0.1) is 0 Å². The molecule has 4 rings (SSSR count). The van der Waals surface area contributed by atoms with Gasteiger partial charge in [0, 0.05) is 19.0 Å². The molecule has 0 radical (unpaired) electrons. The normalized spacial score (nSPS) is 42.6. The quantitative estimate of drug-likeness (QED) is 0.389. The molecule has 0 saturated heterocycles. The number of hydrogen-bond donors (Lipinski definition) is 3. The van der Waals surface area contributed by atoms with Crippen molar-refractivity contribution >= 4 is 16.0 Å². The Morgan fingerprint density at radius 2 is 1.70 bits per heavy atom. The molecular weight excluding hydrogens is 490 g/mol. The maximum absolute atomic E-state index is 13.0. The van der Waals surface area contributed by atoms with E-state index in [9.17, 15) is 23.4 Å². The second-order valence-corrected chi connectivity index (χ2v) is 15.4. The van der Waals surface area contributed by atoms with Crippen molar-refractivity contribution in [3.63, 3.8) is 0 Å². The van der Waals surface area contributed by atoms with Gasteiger partial charge in [0.25, 0.3) is 10.1 Å². The molecule has 7 nitrogen and oxygen atoms in total. The van der Waals surface area contributed by atoms with Crippen molar-refractivity contribution < 1.29 is 28.0 Å². The van der Waals surface area contributed by atoms with E-state index in [4.69, 9.17) is 4.55 Å². The summed E-state index contributed by atoms with van der Waals surface area (Å²) in [6.07, 6.45) is 8.96. The summed E-state index contributed by atoms with van der Waals surface area (Å²) in [5, 5.41) is 22.0. The van der Waals surface area contributed by atoms with E-state index in [1.165, 1.54) is 12.8 Å². The Balaban J connectivity index is 1.43. The molecule has 4 fully saturated rings. The van der Waals surface area contributed by atoms with Crippen LogP contribution in [0.2, 0.25) is 0 Å². The molecule has 10 unspecified atom stereocenters. The fourth-order valence-corrected chi connectivity index (χ4v) is 10.2. The maximum Gasteiger partial charge on any atom is 0.266 e. The van der Waals surface area contributed by atoms with Gasteiger partial charge < -0.3 is 15.1 Å². The van der Waals surface area contributed by atoms with Crippen molar-refractivity contribution in [3.05, 3.63) is 0 Å². The van der Waals surface area contributed by atoms with Gasteiger partial charge in [0.05, 0.1) is 18.0 Å². The predicted octanol–water partition coefficient (Wildman–Crippen LogP) is 4.52. The Morgan fingerprint density at radius 3 is 2.35 bits per heavy atom. The summed E-state index contributed by atoms with van der Waals surface area (Å²) in [7, 11) is -4.12. The minimum absolute atomic E-state index is 0.00546. The molecule has 3 N–H and O–H groups in total. The first-order chi connectivity index (χ1) is 17.2. The van der Waals surface area contributed by atoms with Gasteiger partial charge in [0.1, 0.15) is 0 Å². The molecular formula is C29H51NO6S. The van der Waals surface area contributed by atoms with E-state index in [2.05, 4.69) is 20.8 Å². The number of amides is 1. The molecule has 0 aliphatic heterocycles. The first-order valence-electron chi connectivity index (χ1n) is 14.8. The third-order valence-corrected chi connectivity index (χ3v) is 12.5. The van der Waals surface area contributed by atoms with Crippen LogP contribution in [-0.4, -0.2) is 64.5 Å². The zero-order chi connectivity index (χ0) is 27.3. The van der Waals surface area contributed by atoms with E-state index >= 15 is 0 Å². The van der Waals surface area contributed by atoms with E-state index in [1.807, 2.05) is 13.8 Å². The first-order valence-corrected chi connectivity index (χ1v) is 16.4. The molecule has 0 bridgehead atoms. The van der Waals surface area contributed by atoms with Crippen molar-refractivity contribution in [2.75, 3.05) is 12.3 Å². The summed E-state index contributed by atoms with van der Waals surface area (Å²) in [6, 6.07) is -0.132. The second kappa shape index (κ2) is 10.7. The van der Waals surface area contributed by atoms with Crippen LogP contribution in [0.25, 0.3) is 0 Å². The van der Waals surface area contributed by atoms with E-state index < -0.39 is 15.9 Å². The molecule has 4 saturated carbocycles. The molecule has 0 spiro atoms. The Kier molecular flexibility index (Phi) is 8.47. The Morgan fingerprint density at radius 1 is 1.00 bits per heavy atom. The largest absolute Gasteiger partial charge is 0.393 e. The van der Waals surface area contributed by atoms with Crippen molar-refractivity contribution in [3.8, 4) is 0 Å². The fourth-order valence-electron chi connectivity index (χ4n) is 9.74. The summed E-state index contributed by atoms with van der Waals surface area (Å²) in [5.41, 5.74) is 0.0899. The molecule has 37 heavy (non-hydrogen) atoms. The molecule has 0 heterocycles. The number of aliphatic hydroxyl groups is 2. The van der Waals surface area contributed by atoms with Gasteiger partial charge in [-0.1, -0.05) is 20.8 Å². The first kappa shape index (κ1) is 29.3. The van der Waals surface area contributed by atoms with Crippen LogP contribution in [0.5, 0.6) is 0 Å². The lowest BCUT2D eigenvalue weighted by molar-refractivity contribution is -0.175. The standard InChI is InChI=1S/C29H51NO6S/c1-18(2)30(14-15-37(34,35)36)27(33)11-6-19(3)23-9-10-24-22-8-7-20-16-21(31)12-13-28(20,4)25(22)17-26(32)29(23,24)5/h18-26,31-32H,6-17H2,1-5H3,(H,34,35,36). The van der Waals surface area contributed by atoms with Gasteiger partial charge in [-0.25, -0.2) is 0 Å². The van der Waals surface area contributed by atoms with E-state index in [0.717, 1.165) is 44.9 Å². The molecule has 0 aromatic carbocycles. The summed E-state index contributed by atoms with van der Waals surface area (Å²) in [4.78, 5) is 14.6. The summed E-state index contributed by atoms with van der Waals surface area (Å²) < 4.78 is 31.6. The van der Waals surface area contributed by atoms with Crippen molar-refractivity contribution in [1.29, 1.82) is 0 Å². The molecule has 0 aromatic rings. The topological polar surface area (TPSA) is 115 Å². The van der Waals surface area contributed by atoms with Gasteiger partial charge >= 0.3 is 0 Å². The van der Waals surface area contributed by atoms with Gasteiger partial charge in [-0.05, 0) is 118 Å². The highest BCUT2D eigenvalue weighted by atomic mass is 32.2.